The zero-order chi connectivity index (χ0) is 34.1. The van der Waals surface area contributed by atoms with Crippen molar-refractivity contribution in [2.75, 3.05) is 0 Å². The van der Waals surface area contributed by atoms with Gasteiger partial charge in [0.25, 0.3) is 0 Å². The Labute approximate surface area is 300 Å². The van der Waals surface area contributed by atoms with Gasteiger partial charge in [-0.25, -0.2) is 15.0 Å². The number of furan rings is 1. The van der Waals surface area contributed by atoms with Gasteiger partial charge in [-0.2, -0.15) is 0 Å². The van der Waals surface area contributed by atoms with E-state index in [-0.39, 0.29) is 0 Å². The Hall–Kier alpha value is -6.30. The minimum absolute atomic E-state index is 0.581. The average Bonchev–Trinajstić information content (AvgIpc) is 3.60. The lowest BCUT2D eigenvalue weighted by atomic mass is 9.92. The second-order valence-electron chi connectivity index (χ2n) is 12.5. The van der Waals surface area contributed by atoms with Crippen LogP contribution in [0, 0.1) is 0 Å². The average molecular weight is 674 g/mol. The zero-order valence-electron chi connectivity index (χ0n) is 27.7. The van der Waals surface area contributed by atoms with E-state index in [1.165, 1.54) is 10.5 Å². The van der Waals surface area contributed by atoms with Crippen LogP contribution < -0.4 is 0 Å². The summed E-state index contributed by atoms with van der Waals surface area (Å²) >= 11 is 1.70. The fourth-order valence-corrected chi connectivity index (χ4v) is 7.61. The lowest BCUT2D eigenvalue weighted by Gasteiger charge is -2.16. The molecule has 0 aliphatic carbocycles. The monoisotopic (exact) mass is 673 g/mol. The van der Waals surface area contributed by atoms with Crippen LogP contribution in [0.5, 0.6) is 0 Å². The molecule has 51 heavy (non-hydrogen) atoms. The number of para-hydroxylation sites is 1. The topological polar surface area (TPSA) is 51.8 Å². The number of hydrogen-bond acceptors (Lipinski definition) is 5. The molecule has 3 heterocycles. The van der Waals surface area contributed by atoms with Crippen molar-refractivity contribution < 1.29 is 4.42 Å². The molecule has 0 radical (unpaired) electrons. The summed E-state index contributed by atoms with van der Waals surface area (Å²) in [6.07, 6.45) is 9.20. The molecule has 0 unspecified atom stereocenters. The Morgan fingerprint density at radius 2 is 1.16 bits per heavy atom. The lowest BCUT2D eigenvalue weighted by Crippen LogP contribution is -2.00. The van der Waals surface area contributed by atoms with Gasteiger partial charge in [0, 0.05) is 37.3 Å². The Kier molecular flexibility index (Phi) is 7.95. The van der Waals surface area contributed by atoms with Crippen LogP contribution in [-0.4, -0.2) is 15.0 Å². The van der Waals surface area contributed by atoms with Crippen molar-refractivity contribution in [3.8, 4) is 56.4 Å². The Balaban J connectivity index is 1.26. The van der Waals surface area contributed by atoms with Crippen molar-refractivity contribution >= 4 is 33.7 Å². The van der Waals surface area contributed by atoms with Gasteiger partial charge in [0.1, 0.15) is 11.2 Å². The molecule has 1 aliphatic rings. The number of allylic oxidation sites excluding steroid dienone is 4. The highest BCUT2D eigenvalue weighted by molar-refractivity contribution is 8.03. The highest BCUT2D eigenvalue weighted by Crippen LogP contribution is 2.43. The van der Waals surface area contributed by atoms with Gasteiger partial charge in [0.05, 0.1) is 0 Å². The summed E-state index contributed by atoms with van der Waals surface area (Å²) < 4.78 is 6.57. The molecule has 0 N–H and O–H groups in total. The standard InChI is InChI=1S/C46H31N3OS/c1-30-14-5-2-10-19-37-36(21-13-23-42(37)51-30)39-28-35(29-41-43(39)38-20-11-12-22-40(38)50-41)46-48-44(33-17-8-4-9-18-33)47-45(49-46)34-26-24-32(25-27-34)31-15-6-3-7-16-31/h2-18,20-29H,1,19H2/b10-2-,14-5-. The molecule has 242 valence electrons. The number of aromatic nitrogens is 3. The van der Waals surface area contributed by atoms with E-state index in [1.54, 1.807) is 11.8 Å². The fourth-order valence-electron chi connectivity index (χ4n) is 6.72. The molecule has 8 aromatic rings. The Morgan fingerprint density at radius 3 is 1.92 bits per heavy atom. The Bertz CT molecular complexity index is 2640. The van der Waals surface area contributed by atoms with Crippen LogP contribution >= 0.6 is 11.8 Å². The number of hydrogen-bond donors (Lipinski definition) is 0. The molecule has 2 aromatic heterocycles. The van der Waals surface area contributed by atoms with Crippen molar-refractivity contribution in [1.29, 1.82) is 0 Å². The second-order valence-corrected chi connectivity index (χ2v) is 13.6. The minimum Gasteiger partial charge on any atom is -0.456 e. The third kappa shape index (κ3) is 5.98. The van der Waals surface area contributed by atoms with Crippen molar-refractivity contribution in [2.45, 2.75) is 11.3 Å². The normalized spacial score (nSPS) is 14.1. The zero-order valence-corrected chi connectivity index (χ0v) is 28.5. The first-order valence-corrected chi connectivity index (χ1v) is 17.7. The van der Waals surface area contributed by atoms with E-state index in [1.807, 2.05) is 48.5 Å². The van der Waals surface area contributed by atoms with E-state index in [9.17, 15) is 0 Å². The highest BCUT2D eigenvalue weighted by atomic mass is 32.2. The first-order chi connectivity index (χ1) is 25.2. The van der Waals surface area contributed by atoms with Crippen molar-refractivity contribution in [3.63, 3.8) is 0 Å². The van der Waals surface area contributed by atoms with Gasteiger partial charge in [0.2, 0.25) is 0 Å². The first-order valence-electron chi connectivity index (χ1n) is 16.9. The van der Waals surface area contributed by atoms with Gasteiger partial charge >= 0.3 is 0 Å². The molecule has 6 aromatic carbocycles. The maximum absolute atomic E-state index is 6.57. The number of benzene rings is 6. The summed E-state index contributed by atoms with van der Waals surface area (Å²) in [7, 11) is 0. The number of fused-ring (bicyclic) bond motifs is 4. The molecule has 0 atom stereocenters. The van der Waals surface area contributed by atoms with Gasteiger partial charge in [-0.05, 0) is 64.6 Å². The minimum atomic E-state index is 0.581. The van der Waals surface area contributed by atoms with Crippen molar-refractivity contribution in [3.05, 3.63) is 181 Å². The van der Waals surface area contributed by atoms with Crippen LogP contribution in [0.3, 0.4) is 0 Å². The van der Waals surface area contributed by atoms with E-state index >= 15 is 0 Å². The third-order valence-electron chi connectivity index (χ3n) is 9.17. The molecule has 1 aliphatic heterocycles. The first kappa shape index (κ1) is 30.7. The van der Waals surface area contributed by atoms with E-state index in [0.717, 1.165) is 72.2 Å². The van der Waals surface area contributed by atoms with Gasteiger partial charge in [-0.15, -0.1) is 0 Å². The summed E-state index contributed by atoms with van der Waals surface area (Å²) in [5.41, 5.74) is 10.1. The lowest BCUT2D eigenvalue weighted by molar-refractivity contribution is 0.669. The molecule has 0 bridgehead atoms. The predicted molar refractivity (Wildman–Crippen MR) is 211 cm³/mol. The molecule has 9 rings (SSSR count). The van der Waals surface area contributed by atoms with E-state index < -0.39 is 0 Å². The number of rotatable bonds is 5. The van der Waals surface area contributed by atoms with Crippen LogP contribution in [0.25, 0.3) is 78.4 Å². The van der Waals surface area contributed by atoms with Crippen LogP contribution in [0.2, 0.25) is 0 Å². The molecule has 0 amide bonds. The molecule has 0 saturated heterocycles. The summed E-state index contributed by atoms with van der Waals surface area (Å²) in [6.45, 7) is 4.29. The SMILES string of the molecule is C=C1/C=C\C=C/Cc2c(cccc2-c2cc(-c3nc(-c4ccccc4)nc(-c4ccc(-c5ccccc5)cc4)n3)cc3oc4ccccc4c23)S1. The third-order valence-corrected chi connectivity index (χ3v) is 10.2. The molecular weight excluding hydrogens is 643 g/mol. The number of thioether (sulfide) groups is 1. The second kappa shape index (κ2) is 13.2. The largest absolute Gasteiger partial charge is 0.456 e. The fraction of sp³-hybridized carbons (Fsp3) is 0.0217. The van der Waals surface area contributed by atoms with E-state index in [0.29, 0.717) is 17.5 Å². The molecule has 0 spiro atoms. The molecule has 0 saturated carbocycles. The highest BCUT2D eigenvalue weighted by Gasteiger charge is 2.21. The van der Waals surface area contributed by atoms with Crippen LogP contribution in [-0.2, 0) is 6.42 Å². The van der Waals surface area contributed by atoms with Gasteiger partial charge in [-0.1, -0.05) is 152 Å². The van der Waals surface area contributed by atoms with E-state index in [4.69, 9.17) is 19.4 Å². The van der Waals surface area contributed by atoms with Crippen LogP contribution in [0.4, 0.5) is 0 Å². The van der Waals surface area contributed by atoms with Crippen LogP contribution in [0.1, 0.15) is 5.56 Å². The molecule has 5 heteroatoms. The quantitative estimate of drug-likeness (QED) is 0.182. The Morgan fingerprint density at radius 1 is 0.529 bits per heavy atom. The summed E-state index contributed by atoms with van der Waals surface area (Å²) in [5.74, 6) is 1.80. The van der Waals surface area contributed by atoms with Gasteiger partial charge in [0.15, 0.2) is 17.5 Å². The summed E-state index contributed by atoms with van der Waals surface area (Å²) in [4.78, 5) is 17.4. The predicted octanol–water partition coefficient (Wildman–Crippen LogP) is 12.4. The maximum Gasteiger partial charge on any atom is 0.164 e. The van der Waals surface area contributed by atoms with Crippen molar-refractivity contribution in [2.24, 2.45) is 0 Å². The van der Waals surface area contributed by atoms with Crippen LogP contribution in [0.15, 0.2) is 185 Å². The molecule has 0 fully saturated rings. The van der Waals surface area contributed by atoms with Crippen molar-refractivity contribution in [1.82, 2.24) is 15.0 Å². The summed E-state index contributed by atoms with van der Waals surface area (Å²) in [6, 6.07) is 48.0. The number of nitrogens with zero attached hydrogens (tertiary/aromatic N) is 3. The maximum atomic E-state index is 6.57. The smallest absolute Gasteiger partial charge is 0.164 e. The van der Waals surface area contributed by atoms with Gasteiger partial charge in [-0.3, -0.25) is 0 Å². The van der Waals surface area contributed by atoms with E-state index in [2.05, 4.69) is 122 Å². The molecule has 4 nitrogen and oxygen atoms in total. The summed E-state index contributed by atoms with van der Waals surface area (Å²) in [5, 5.41) is 2.14. The molecular formula is C46H31N3OS. The van der Waals surface area contributed by atoms with Gasteiger partial charge < -0.3 is 4.42 Å².